The standard InChI is InChI=1S/C9H14/c1-2-6(1)7-3-8-5-9(8)4-7/h6-9H,1-5H2. The van der Waals surface area contributed by atoms with E-state index < -0.39 is 0 Å². The first kappa shape index (κ1) is 4.76. The summed E-state index contributed by atoms with van der Waals surface area (Å²) in [6, 6.07) is 0. The van der Waals surface area contributed by atoms with Gasteiger partial charge in [0.15, 0.2) is 0 Å². The molecule has 3 fully saturated rings. The Hall–Kier alpha value is 0. The van der Waals surface area contributed by atoms with Gasteiger partial charge in [-0.2, -0.15) is 0 Å². The largest absolute Gasteiger partial charge is 0.0499 e. The Morgan fingerprint density at radius 2 is 1.00 bits per heavy atom. The molecule has 3 aliphatic rings. The molecule has 3 saturated carbocycles. The lowest BCUT2D eigenvalue weighted by atomic mass is 9.98. The average Bonchev–Trinajstić information content (AvgIpc) is 2.72. The molecule has 2 atom stereocenters. The van der Waals surface area contributed by atoms with Crippen molar-refractivity contribution in [1.82, 2.24) is 0 Å². The van der Waals surface area contributed by atoms with Gasteiger partial charge in [0.1, 0.15) is 0 Å². The number of hydrogen-bond donors (Lipinski definition) is 0. The van der Waals surface area contributed by atoms with E-state index in [4.69, 9.17) is 0 Å². The number of hydrogen-bond acceptors (Lipinski definition) is 0. The number of fused-ring (bicyclic) bond motifs is 1. The van der Waals surface area contributed by atoms with Gasteiger partial charge < -0.3 is 0 Å². The van der Waals surface area contributed by atoms with Crippen molar-refractivity contribution in [2.45, 2.75) is 32.1 Å². The molecule has 0 amide bonds. The van der Waals surface area contributed by atoms with Gasteiger partial charge >= 0.3 is 0 Å². The Labute approximate surface area is 56.6 Å². The second-order valence-corrected chi connectivity index (χ2v) is 4.32. The van der Waals surface area contributed by atoms with Crippen molar-refractivity contribution in [3.05, 3.63) is 0 Å². The molecule has 0 nitrogen and oxygen atoms in total. The third kappa shape index (κ3) is 0.653. The van der Waals surface area contributed by atoms with Crippen LogP contribution in [0.25, 0.3) is 0 Å². The average molecular weight is 122 g/mol. The smallest absolute Gasteiger partial charge is 0.0380 e. The molecule has 0 heterocycles. The fourth-order valence-electron chi connectivity index (χ4n) is 2.71. The maximum Gasteiger partial charge on any atom is -0.0380 e. The lowest BCUT2D eigenvalue weighted by Gasteiger charge is -2.07. The molecule has 9 heavy (non-hydrogen) atoms. The van der Waals surface area contributed by atoms with Crippen LogP contribution in [0.4, 0.5) is 0 Å². The highest BCUT2D eigenvalue weighted by Gasteiger charge is 2.49. The molecule has 0 saturated heterocycles. The highest BCUT2D eigenvalue weighted by Crippen LogP contribution is 2.59. The summed E-state index contributed by atoms with van der Waals surface area (Å²) in [5, 5.41) is 0. The Morgan fingerprint density at radius 1 is 0.556 bits per heavy atom. The first-order valence-electron chi connectivity index (χ1n) is 4.43. The van der Waals surface area contributed by atoms with E-state index in [0.717, 1.165) is 0 Å². The van der Waals surface area contributed by atoms with Crippen LogP contribution in [-0.2, 0) is 0 Å². The molecule has 50 valence electrons. The maximum atomic E-state index is 1.62. The first-order valence-corrected chi connectivity index (χ1v) is 4.43. The Bertz CT molecular complexity index is 125. The van der Waals surface area contributed by atoms with Gasteiger partial charge in [-0.15, -0.1) is 0 Å². The van der Waals surface area contributed by atoms with E-state index >= 15 is 0 Å². The van der Waals surface area contributed by atoms with Crippen LogP contribution >= 0.6 is 0 Å². The zero-order valence-electron chi connectivity index (χ0n) is 5.84. The molecule has 0 aromatic rings. The predicted octanol–water partition coefficient (Wildman–Crippen LogP) is 2.44. The van der Waals surface area contributed by atoms with E-state index in [2.05, 4.69) is 0 Å². The van der Waals surface area contributed by atoms with Crippen molar-refractivity contribution in [1.29, 1.82) is 0 Å². The third-order valence-corrected chi connectivity index (χ3v) is 3.57. The van der Waals surface area contributed by atoms with E-state index in [0.29, 0.717) is 0 Å². The van der Waals surface area contributed by atoms with E-state index in [-0.39, 0.29) is 0 Å². The quantitative estimate of drug-likeness (QED) is 0.501. The van der Waals surface area contributed by atoms with Crippen LogP contribution in [0.1, 0.15) is 32.1 Å². The van der Waals surface area contributed by atoms with Gasteiger partial charge in [0.05, 0.1) is 0 Å². The first-order chi connectivity index (χ1) is 4.43. The maximum absolute atomic E-state index is 1.62. The molecule has 0 N–H and O–H groups in total. The Balaban J connectivity index is 1.69. The van der Waals surface area contributed by atoms with E-state index in [1.807, 2.05) is 0 Å². The molecule has 0 aliphatic heterocycles. The summed E-state index contributed by atoms with van der Waals surface area (Å²) < 4.78 is 0. The van der Waals surface area contributed by atoms with Crippen LogP contribution in [0, 0.1) is 23.7 Å². The highest BCUT2D eigenvalue weighted by molar-refractivity contribution is 4.99. The van der Waals surface area contributed by atoms with Crippen LogP contribution in [0.3, 0.4) is 0 Å². The van der Waals surface area contributed by atoms with Crippen molar-refractivity contribution >= 4 is 0 Å². The highest BCUT2D eigenvalue weighted by atomic mass is 14.5. The molecule has 0 bridgehead atoms. The fourth-order valence-corrected chi connectivity index (χ4v) is 2.71. The van der Waals surface area contributed by atoms with Crippen LogP contribution in [-0.4, -0.2) is 0 Å². The minimum atomic E-state index is 1.20. The normalized spacial score (nSPS) is 55.3. The second kappa shape index (κ2) is 1.36. The van der Waals surface area contributed by atoms with Crippen molar-refractivity contribution in [3.8, 4) is 0 Å². The molecule has 3 rings (SSSR count). The zero-order chi connectivity index (χ0) is 5.84. The molecule has 2 unspecified atom stereocenters. The number of rotatable bonds is 1. The molecular weight excluding hydrogens is 108 g/mol. The summed E-state index contributed by atoms with van der Waals surface area (Å²) in [6.45, 7) is 0. The van der Waals surface area contributed by atoms with E-state index in [1.165, 1.54) is 23.7 Å². The van der Waals surface area contributed by atoms with Crippen molar-refractivity contribution in [2.75, 3.05) is 0 Å². The molecule has 0 heteroatoms. The zero-order valence-corrected chi connectivity index (χ0v) is 5.84. The topological polar surface area (TPSA) is 0 Å². The molecule has 0 spiro atoms. The van der Waals surface area contributed by atoms with Gasteiger partial charge in [-0.05, 0) is 55.8 Å². The van der Waals surface area contributed by atoms with Crippen LogP contribution in [0.2, 0.25) is 0 Å². The minimum Gasteiger partial charge on any atom is -0.0499 e. The van der Waals surface area contributed by atoms with Gasteiger partial charge in [-0.25, -0.2) is 0 Å². The van der Waals surface area contributed by atoms with Gasteiger partial charge in [0.2, 0.25) is 0 Å². The minimum absolute atomic E-state index is 1.20. The second-order valence-electron chi connectivity index (χ2n) is 4.32. The van der Waals surface area contributed by atoms with E-state index in [1.54, 1.807) is 32.1 Å². The fraction of sp³-hybridized carbons (Fsp3) is 1.00. The van der Waals surface area contributed by atoms with Gasteiger partial charge in [-0.1, -0.05) is 0 Å². The SMILES string of the molecule is C1CC1C1CC2CC2C1. The molecule has 0 aromatic heterocycles. The summed E-state index contributed by atoms with van der Waals surface area (Å²) in [7, 11) is 0. The predicted molar refractivity (Wildman–Crippen MR) is 37.0 cm³/mol. The summed E-state index contributed by atoms with van der Waals surface area (Å²) in [5.74, 6) is 4.85. The molecular formula is C9H14. The third-order valence-electron chi connectivity index (χ3n) is 3.57. The summed E-state index contributed by atoms with van der Waals surface area (Å²) >= 11 is 0. The monoisotopic (exact) mass is 122 g/mol. The van der Waals surface area contributed by atoms with Crippen molar-refractivity contribution in [2.24, 2.45) is 23.7 Å². The molecule has 0 aromatic carbocycles. The lowest BCUT2D eigenvalue weighted by Crippen LogP contribution is -1.98. The summed E-state index contributed by atoms with van der Waals surface area (Å²) in [4.78, 5) is 0. The lowest BCUT2D eigenvalue weighted by molar-refractivity contribution is 0.431. The van der Waals surface area contributed by atoms with E-state index in [9.17, 15) is 0 Å². The molecule has 0 radical (unpaired) electrons. The van der Waals surface area contributed by atoms with Crippen LogP contribution < -0.4 is 0 Å². The Kier molecular flexibility index (Phi) is 0.717. The summed E-state index contributed by atoms with van der Waals surface area (Å²) in [5.41, 5.74) is 0. The Morgan fingerprint density at radius 3 is 1.44 bits per heavy atom. The summed E-state index contributed by atoms with van der Waals surface area (Å²) in [6.07, 6.45) is 7.99. The molecule has 3 aliphatic carbocycles. The van der Waals surface area contributed by atoms with Crippen molar-refractivity contribution in [3.63, 3.8) is 0 Å². The van der Waals surface area contributed by atoms with Gasteiger partial charge in [0.25, 0.3) is 0 Å². The van der Waals surface area contributed by atoms with Crippen molar-refractivity contribution < 1.29 is 0 Å². The van der Waals surface area contributed by atoms with Crippen LogP contribution in [0.15, 0.2) is 0 Å². The van der Waals surface area contributed by atoms with Gasteiger partial charge in [0, 0.05) is 0 Å². The van der Waals surface area contributed by atoms with Crippen LogP contribution in [0.5, 0.6) is 0 Å². The van der Waals surface area contributed by atoms with Gasteiger partial charge in [-0.3, -0.25) is 0 Å².